The molecule has 1 aromatic heterocycles. The van der Waals surface area contributed by atoms with Gasteiger partial charge in [-0.05, 0) is 79.0 Å². The van der Waals surface area contributed by atoms with Crippen LogP contribution in [0.5, 0.6) is 17.2 Å². The minimum atomic E-state index is -0.628. The largest absolute Gasteiger partial charge is 0.492 e. The van der Waals surface area contributed by atoms with Crippen molar-refractivity contribution in [1.29, 1.82) is 0 Å². The lowest BCUT2D eigenvalue weighted by Crippen LogP contribution is -2.31. The maximum Gasteiger partial charge on any atom is 0.255 e. The van der Waals surface area contributed by atoms with Gasteiger partial charge in [0.2, 0.25) is 11.1 Å². The number of carbonyl (C=O) groups excluding carboxylic acids is 1. The van der Waals surface area contributed by atoms with Crippen LogP contribution in [-0.4, -0.2) is 39.6 Å². The van der Waals surface area contributed by atoms with Gasteiger partial charge in [0.05, 0.1) is 28.9 Å². The molecule has 46 heavy (non-hydrogen) atoms. The molecule has 3 aromatic carbocycles. The summed E-state index contributed by atoms with van der Waals surface area (Å²) < 4.78 is 20.6. The number of unbranched alkanes of at least 4 members (excludes halogenated alkanes) is 1. The third-order valence-corrected chi connectivity index (χ3v) is 9.10. The summed E-state index contributed by atoms with van der Waals surface area (Å²) in [5, 5.41) is 12.5. The van der Waals surface area contributed by atoms with Gasteiger partial charge in [0.1, 0.15) is 18.4 Å². The van der Waals surface area contributed by atoms with Gasteiger partial charge >= 0.3 is 0 Å². The molecule has 0 spiro atoms. The van der Waals surface area contributed by atoms with Crippen LogP contribution in [0.25, 0.3) is 0 Å². The number of allylic oxidation sites excluding steroid dienone is 1. The summed E-state index contributed by atoms with van der Waals surface area (Å²) in [5.74, 6) is 2.81. The van der Waals surface area contributed by atoms with Crippen molar-refractivity contribution in [3.05, 3.63) is 92.6 Å². The van der Waals surface area contributed by atoms with E-state index in [0.717, 1.165) is 29.7 Å². The number of fused-ring (bicyclic) bond motifs is 1. The van der Waals surface area contributed by atoms with Gasteiger partial charge in [-0.3, -0.25) is 4.79 Å². The number of nitrogens with zero attached hydrogens (tertiary/aromatic N) is 3. The Bertz CT molecular complexity index is 1730. The molecule has 0 saturated carbocycles. The fourth-order valence-corrected chi connectivity index (χ4v) is 6.73. The number of anilines is 2. The van der Waals surface area contributed by atoms with E-state index in [2.05, 4.69) is 33.5 Å². The highest BCUT2D eigenvalue weighted by Gasteiger charge is 2.36. The molecule has 1 amide bonds. The van der Waals surface area contributed by atoms with Crippen molar-refractivity contribution in [3.63, 3.8) is 0 Å². The molecule has 0 radical (unpaired) electrons. The van der Waals surface area contributed by atoms with Crippen molar-refractivity contribution in [2.75, 3.05) is 29.6 Å². The van der Waals surface area contributed by atoms with E-state index in [0.29, 0.717) is 68.0 Å². The van der Waals surface area contributed by atoms with Crippen LogP contribution in [0.4, 0.5) is 11.6 Å². The predicted molar refractivity (Wildman–Crippen MR) is 187 cm³/mol. The molecule has 2 N–H and O–H groups in total. The summed E-state index contributed by atoms with van der Waals surface area (Å²) in [6.45, 7) is 8.98. The molecular formula is C34H37BrClN5O4S. The summed E-state index contributed by atoms with van der Waals surface area (Å²) in [4.78, 5) is 19.0. The van der Waals surface area contributed by atoms with Crippen LogP contribution in [0.15, 0.2) is 81.6 Å². The smallest absolute Gasteiger partial charge is 0.255 e. The fraction of sp³-hybridized carbons (Fsp3) is 0.324. The number of aromatic nitrogens is 3. The number of ether oxygens (including phenoxy) is 3. The number of amides is 1. The highest BCUT2D eigenvalue weighted by atomic mass is 79.9. The molecule has 2 heterocycles. The van der Waals surface area contributed by atoms with E-state index in [-0.39, 0.29) is 12.5 Å². The number of nitrogens with one attached hydrogen (secondary N) is 2. The van der Waals surface area contributed by atoms with Crippen molar-refractivity contribution in [2.24, 2.45) is 0 Å². The van der Waals surface area contributed by atoms with Crippen LogP contribution < -0.4 is 24.8 Å². The predicted octanol–water partition coefficient (Wildman–Crippen LogP) is 8.89. The summed E-state index contributed by atoms with van der Waals surface area (Å²) in [6, 6.07) is 18.1. The van der Waals surface area contributed by atoms with Crippen molar-refractivity contribution in [2.45, 2.75) is 58.3 Å². The average Bonchev–Trinajstić information content (AvgIpc) is 3.44. The number of thioether (sulfide) groups is 1. The molecule has 1 unspecified atom stereocenters. The zero-order valence-electron chi connectivity index (χ0n) is 26.2. The Morgan fingerprint density at radius 3 is 2.54 bits per heavy atom. The molecule has 0 aliphatic carbocycles. The Balaban J connectivity index is 1.57. The zero-order chi connectivity index (χ0) is 32.6. The van der Waals surface area contributed by atoms with Crippen molar-refractivity contribution < 1.29 is 19.0 Å². The first-order valence-electron chi connectivity index (χ1n) is 15.3. The third kappa shape index (κ3) is 7.65. The molecule has 4 aromatic rings. The first kappa shape index (κ1) is 33.7. The molecule has 0 saturated heterocycles. The van der Waals surface area contributed by atoms with E-state index >= 15 is 0 Å². The van der Waals surface area contributed by atoms with Gasteiger partial charge in [0, 0.05) is 22.0 Å². The van der Waals surface area contributed by atoms with Crippen LogP contribution >= 0.6 is 39.3 Å². The molecule has 1 atom stereocenters. The maximum absolute atomic E-state index is 14.2. The third-order valence-electron chi connectivity index (χ3n) is 7.22. The lowest BCUT2D eigenvalue weighted by molar-refractivity contribution is -0.113. The SMILES string of the molecule is CCCCSc1nc2n(n1)C(c1cc(Br)c(OCc3ccccc3Cl)c(OCC)c1)C(C(=O)Nc1ccccc1OCC)=C(C)N2. The lowest BCUT2D eigenvalue weighted by Gasteiger charge is -2.29. The quantitative estimate of drug-likeness (QED) is 0.0983. The van der Waals surface area contributed by atoms with Gasteiger partial charge in [0.15, 0.2) is 11.5 Å². The van der Waals surface area contributed by atoms with Crippen LogP contribution in [0.2, 0.25) is 5.02 Å². The average molecular weight is 727 g/mol. The molecule has 0 fully saturated rings. The van der Waals surface area contributed by atoms with E-state index < -0.39 is 6.04 Å². The number of benzene rings is 3. The molecule has 0 bridgehead atoms. The number of rotatable bonds is 14. The molecular weight excluding hydrogens is 690 g/mol. The highest BCUT2D eigenvalue weighted by Crippen LogP contribution is 2.44. The van der Waals surface area contributed by atoms with Crippen molar-refractivity contribution in [1.82, 2.24) is 14.8 Å². The second-order valence-electron chi connectivity index (χ2n) is 10.5. The first-order valence-corrected chi connectivity index (χ1v) is 17.4. The summed E-state index contributed by atoms with van der Waals surface area (Å²) >= 11 is 11.7. The van der Waals surface area contributed by atoms with Crippen molar-refractivity contribution >= 4 is 56.8 Å². The Hall–Kier alpha value is -3.67. The van der Waals surface area contributed by atoms with Gasteiger partial charge in [0.25, 0.3) is 5.91 Å². The molecule has 242 valence electrons. The molecule has 12 heteroatoms. The second kappa shape index (κ2) is 15.8. The van der Waals surface area contributed by atoms with E-state index in [1.165, 1.54) is 0 Å². The topological polar surface area (TPSA) is 99.5 Å². The number of hydrogen-bond acceptors (Lipinski definition) is 8. The summed E-state index contributed by atoms with van der Waals surface area (Å²) in [6.07, 6.45) is 2.13. The minimum absolute atomic E-state index is 0.252. The highest BCUT2D eigenvalue weighted by molar-refractivity contribution is 9.10. The molecule has 1 aliphatic heterocycles. The zero-order valence-corrected chi connectivity index (χ0v) is 29.4. The number of carbonyl (C=O) groups is 1. The Morgan fingerprint density at radius 2 is 1.78 bits per heavy atom. The van der Waals surface area contributed by atoms with E-state index in [1.807, 2.05) is 81.4 Å². The van der Waals surface area contributed by atoms with Crippen LogP contribution in [-0.2, 0) is 11.4 Å². The van der Waals surface area contributed by atoms with E-state index in [9.17, 15) is 4.79 Å². The second-order valence-corrected chi connectivity index (χ2v) is 12.8. The van der Waals surface area contributed by atoms with Gasteiger partial charge in [-0.15, -0.1) is 5.10 Å². The van der Waals surface area contributed by atoms with Crippen LogP contribution in [0.3, 0.4) is 0 Å². The Labute approximate surface area is 287 Å². The monoisotopic (exact) mass is 725 g/mol. The fourth-order valence-electron chi connectivity index (χ4n) is 5.06. The van der Waals surface area contributed by atoms with E-state index in [1.54, 1.807) is 16.4 Å². The standard InChI is InChI=1S/C34H37BrClN5O4S/c1-5-8-17-46-34-39-33-37-21(4)29(32(42)38-26-15-11-12-16-27(26)43-6-2)30(41(33)40-34)23-18-24(35)31(28(19-23)44-7-3)45-20-22-13-9-10-14-25(22)36/h9-16,18-19,30H,5-8,17,20H2,1-4H3,(H,38,42)(H,37,39,40). The van der Waals surface area contributed by atoms with Gasteiger partial charge < -0.3 is 24.8 Å². The van der Waals surface area contributed by atoms with Crippen molar-refractivity contribution in [3.8, 4) is 17.2 Å². The number of hydrogen-bond donors (Lipinski definition) is 2. The van der Waals surface area contributed by atoms with E-state index in [4.69, 9.17) is 35.9 Å². The normalized spacial score (nSPS) is 14.0. The first-order chi connectivity index (χ1) is 22.3. The maximum atomic E-state index is 14.2. The minimum Gasteiger partial charge on any atom is -0.492 e. The van der Waals surface area contributed by atoms with Crippen LogP contribution in [0, 0.1) is 0 Å². The lowest BCUT2D eigenvalue weighted by atomic mass is 9.94. The summed E-state index contributed by atoms with van der Waals surface area (Å²) in [5.41, 5.74) is 3.34. The Kier molecular flexibility index (Phi) is 11.5. The van der Waals surface area contributed by atoms with Gasteiger partial charge in [-0.2, -0.15) is 4.98 Å². The Morgan fingerprint density at radius 1 is 1.04 bits per heavy atom. The number of halogens is 2. The molecule has 9 nitrogen and oxygen atoms in total. The van der Waals surface area contributed by atoms with Gasteiger partial charge in [-0.1, -0.05) is 67.0 Å². The van der Waals surface area contributed by atoms with Crippen LogP contribution in [0.1, 0.15) is 57.7 Å². The molecule has 1 aliphatic rings. The number of para-hydroxylation sites is 2. The summed E-state index contributed by atoms with van der Waals surface area (Å²) in [7, 11) is 0. The molecule has 5 rings (SSSR count). The van der Waals surface area contributed by atoms with Gasteiger partial charge in [-0.25, -0.2) is 4.68 Å².